The average molecular weight is 362 g/mol. The average Bonchev–Trinajstić information content (AvgIpc) is 2.68. The van der Waals surface area contributed by atoms with Crippen molar-refractivity contribution in [1.29, 1.82) is 0 Å². The summed E-state index contributed by atoms with van der Waals surface area (Å²) >= 11 is 0. The first kappa shape index (κ1) is 18.4. The van der Waals surface area contributed by atoms with Crippen LogP contribution in [0.2, 0.25) is 0 Å². The minimum absolute atomic E-state index is 0.130. The fraction of sp³-hybridized carbons (Fsp3) is 0.190. The highest BCUT2D eigenvalue weighted by Crippen LogP contribution is 2.27. The molecule has 3 rings (SSSR count). The van der Waals surface area contributed by atoms with Gasteiger partial charge >= 0.3 is 0 Å². The maximum atomic E-state index is 12.3. The number of rotatable bonds is 6. The summed E-state index contributed by atoms with van der Waals surface area (Å²) in [6, 6.07) is 17.6. The van der Waals surface area contributed by atoms with Gasteiger partial charge in [0.1, 0.15) is 5.75 Å². The van der Waals surface area contributed by atoms with Crippen molar-refractivity contribution in [3.05, 3.63) is 71.4 Å². The summed E-state index contributed by atoms with van der Waals surface area (Å²) in [6.45, 7) is 2.30. The summed E-state index contributed by atoms with van der Waals surface area (Å²) in [5, 5.41) is 2.63. The fourth-order valence-corrected chi connectivity index (χ4v) is 2.86. The lowest BCUT2D eigenvalue weighted by Crippen LogP contribution is -2.21. The van der Waals surface area contributed by atoms with Gasteiger partial charge in [-0.25, -0.2) is 9.97 Å². The van der Waals surface area contributed by atoms with E-state index in [-0.39, 0.29) is 11.9 Å². The molecule has 3 N–H and O–H groups in total. The topological polar surface area (TPSA) is 90.1 Å². The van der Waals surface area contributed by atoms with Crippen molar-refractivity contribution in [2.45, 2.75) is 13.3 Å². The highest BCUT2D eigenvalue weighted by molar-refractivity contribution is 6.01. The zero-order valence-corrected chi connectivity index (χ0v) is 15.4. The summed E-state index contributed by atoms with van der Waals surface area (Å²) in [7, 11) is 1.57. The number of hydrogen-bond acceptors (Lipinski definition) is 5. The molecule has 27 heavy (non-hydrogen) atoms. The van der Waals surface area contributed by atoms with Crippen LogP contribution in [0.4, 0.5) is 5.95 Å². The number of amides is 1. The van der Waals surface area contributed by atoms with Gasteiger partial charge in [0, 0.05) is 19.0 Å². The Bertz CT molecular complexity index is 942. The Kier molecular flexibility index (Phi) is 5.66. The van der Waals surface area contributed by atoms with Crippen LogP contribution in [0.5, 0.6) is 5.75 Å². The summed E-state index contributed by atoms with van der Waals surface area (Å²) < 4.78 is 5.88. The van der Waals surface area contributed by atoms with Crippen molar-refractivity contribution < 1.29 is 9.53 Å². The molecule has 0 aliphatic rings. The molecule has 0 saturated heterocycles. The Hall–Kier alpha value is -3.41. The van der Waals surface area contributed by atoms with E-state index in [2.05, 4.69) is 27.4 Å². The van der Waals surface area contributed by atoms with E-state index in [1.807, 2.05) is 42.5 Å². The fourth-order valence-electron chi connectivity index (χ4n) is 2.86. The third-order valence-electron chi connectivity index (χ3n) is 4.17. The first-order valence-electron chi connectivity index (χ1n) is 8.72. The Morgan fingerprint density at radius 1 is 1.11 bits per heavy atom. The maximum absolute atomic E-state index is 12.3. The molecule has 1 amide bonds. The maximum Gasteiger partial charge on any atom is 0.255 e. The number of benzene rings is 2. The Balaban J connectivity index is 1.84. The van der Waals surface area contributed by atoms with Crippen LogP contribution in [-0.4, -0.2) is 29.5 Å². The second-order valence-corrected chi connectivity index (χ2v) is 6.08. The van der Waals surface area contributed by atoms with Gasteiger partial charge in [0.05, 0.1) is 23.6 Å². The van der Waals surface area contributed by atoms with Gasteiger partial charge < -0.3 is 15.8 Å². The predicted molar refractivity (Wildman–Crippen MR) is 106 cm³/mol. The number of carbonyl (C=O) groups is 1. The summed E-state index contributed by atoms with van der Waals surface area (Å²) in [6.07, 6.45) is 0.814. The number of ether oxygens (including phenoxy) is 1. The SMILES string of the molecule is CNC(=O)c1c(C)nc(N)nc1-c1cccc(OCCc2ccccc2)c1. The van der Waals surface area contributed by atoms with Crippen molar-refractivity contribution >= 4 is 11.9 Å². The number of anilines is 1. The molecule has 6 heteroatoms. The molecule has 0 unspecified atom stereocenters. The van der Waals surface area contributed by atoms with Crippen LogP contribution in [0.3, 0.4) is 0 Å². The Morgan fingerprint density at radius 2 is 1.89 bits per heavy atom. The van der Waals surface area contributed by atoms with E-state index in [0.717, 1.165) is 12.0 Å². The van der Waals surface area contributed by atoms with E-state index < -0.39 is 0 Å². The molecular weight excluding hydrogens is 340 g/mol. The molecule has 0 atom stereocenters. The van der Waals surface area contributed by atoms with Crippen LogP contribution in [0, 0.1) is 6.92 Å². The first-order valence-corrected chi connectivity index (χ1v) is 8.72. The summed E-state index contributed by atoms with van der Waals surface area (Å²) in [5.41, 5.74) is 9.21. The van der Waals surface area contributed by atoms with Crippen LogP contribution in [-0.2, 0) is 6.42 Å². The van der Waals surface area contributed by atoms with Gasteiger partial charge in [-0.15, -0.1) is 0 Å². The third-order valence-corrected chi connectivity index (χ3v) is 4.17. The molecule has 1 aromatic heterocycles. The molecule has 0 saturated carbocycles. The normalized spacial score (nSPS) is 10.4. The number of carbonyl (C=O) groups excluding carboxylic acids is 1. The lowest BCUT2D eigenvalue weighted by Gasteiger charge is -2.12. The van der Waals surface area contributed by atoms with Crippen LogP contribution in [0.25, 0.3) is 11.3 Å². The van der Waals surface area contributed by atoms with Crippen molar-refractivity contribution in [1.82, 2.24) is 15.3 Å². The largest absolute Gasteiger partial charge is 0.493 e. The molecular formula is C21H22N4O2. The van der Waals surface area contributed by atoms with E-state index >= 15 is 0 Å². The number of hydrogen-bond donors (Lipinski definition) is 2. The van der Waals surface area contributed by atoms with Crippen molar-refractivity contribution in [3.63, 3.8) is 0 Å². The van der Waals surface area contributed by atoms with Gasteiger partial charge in [-0.1, -0.05) is 42.5 Å². The van der Waals surface area contributed by atoms with Crippen LogP contribution >= 0.6 is 0 Å². The standard InChI is InChI=1S/C21H22N4O2/c1-14-18(20(26)23-2)19(25-21(22)24-14)16-9-6-10-17(13-16)27-12-11-15-7-4-3-5-8-15/h3-10,13H,11-12H2,1-2H3,(H,23,26)(H2,22,24,25). The lowest BCUT2D eigenvalue weighted by atomic mass is 10.0. The number of nitrogens with one attached hydrogen (secondary N) is 1. The Morgan fingerprint density at radius 3 is 2.63 bits per heavy atom. The molecule has 0 bridgehead atoms. The first-order chi connectivity index (χ1) is 13.1. The molecule has 1 heterocycles. The van der Waals surface area contributed by atoms with Crippen molar-refractivity contribution in [3.8, 4) is 17.0 Å². The van der Waals surface area contributed by atoms with E-state index in [1.165, 1.54) is 5.56 Å². The van der Waals surface area contributed by atoms with Gasteiger partial charge in [0.25, 0.3) is 5.91 Å². The van der Waals surface area contributed by atoms with Crippen molar-refractivity contribution in [2.24, 2.45) is 0 Å². The van der Waals surface area contributed by atoms with E-state index in [0.29, 0.717) is 29.3 Å². The Labute approximate surface area is 158 Å². The minimum atomic E-state index is -0.252. The lowest BCUT2D eigenvalue weighted by molar-refractivity contribution is 0.0962. The van der Waals surface area contributed by atoms with Crippen molar-refractivity contribution in [2.75, 3.05) is 19.4 Å². The van der Waals surface area contributed by atoms with E-state index in [9.17, 15) is 4.79 Å². The number of nitrogen functional groups attached to an aromatic ring is 1. The van der Waals surface area contributed by atoms with Gasteiger partial charge in [0.15, 0.2) is 0 Å². The molecule has 0 aliphatic carbocycles. The second kappa shape index (κ2) is 8.31. The molecule has 3 aromatic rings. The van der Waals surface area contributed by atoms with E-state index in [4.69, 9.17) is 10.5 Å². The molecule has 6 nitrogen and oxygen atoms in total. The molecule has 0 spiro atoms. The quantitative estimate of drug-likeness (QED) is 0.703. The van der Waals surface area contributed by atoms with E-state index in [1.54, 1.807) is 14.0 Å². The summed E-state index contributed by atoms with van der Waals surface area (Å²) in [4.78, 5) is 20.7. The molecule has 0 fully saturated rings. The highest BCUT2D eigenvalue weighted by atomic mass is 16.5. The molecule has 2 aromatic carbocycles. The predicted octanol–water partition coefficient (Wildman–Crippen LogP) is 3.02. The summed E-state index contributed by atoms with van der Waals surface area (Å²) in [5.74, 6) is 0.588. The monoisotopic (exact) mass is 362 g/mol. The van der Waals surface area contributed by atoms with Gasteiger partial charge in [-0.3, -0.25) is 4.79 Å². The molecule has 138 valence electrons. The van der Waals surface area contributed by atoms with Gasteiger partial charge in [-0.2, -0.15) is 0 Å². The van der Waals surface area contributed by atoms with Gasteiger partial charge in [0.2, 0.25) is 5.95 Å². The minimum Gasteiger partial charge on any atom is -0.493 e. The smallest absolute Gasteiger partial charge is 0.255 e. The molecule has 0 aliphatic heterocycles. The van der Waals surface area contributed by atoms with Crippen LogP contribution in [0.1, 0.15) is 21.6 Å². The number of nitrogens with two attached hydrogens (primary N) is 1. The number of aromatic nitrogens is 2. The second-order valence-electron chi connectivity index (χ2n) is 6.08. The zero-order valence-electron chi connectivity index (χ0n) is 15.4. The third kappa shape index (κ3) is 4.41. The van der Waals surface area contributed by atoms with Crippen LogP contribution in [0.15, 0.2) is 54.6 Å². The van der Waals surface area contributed by atoms with Gasteiger partial charge in [-0.05, 0) is 24.6 Å². The molecule has 0 radical (unpaired) electrons. The highest BCUT2D eigenvalue weighted by Gasteiger charge is 2.18. The zero-order chi connectivity index (χ0) is 19.2. The number of nitrogens with zero attached hydrogens (tertiary/aromatic N) is 2. The van der Waals surface area contributed by atoms with Crippen LogP contribution < -0.4 is 15.8 Å². The number of aryl methyl sites for hydroxylation is 1.